The van der Waals surface area contributed by atoms with Crippen LogP contribution in [0.15, 0.2) is 17.1 Å². The van der Waals surface area contributed by atoms with Crippen molar-refractivity contribution in [3.63, 3.8) is 0 Å². The molecule has 0 spiro atoms. The molecule has 27 heavy (non-hydrogen) atoms. The zero-order valence-electron chi connectivity index (χ0n) is 16.5. The highest BCUT2D eigenvalue weighted by molar-refractivity contribution is 14.0. The van der Waals surface area contributed by atoms with E-state index < -0.39 is 0 Å². The lowest BCUT2D eigenvalue weighted by Crippen LogP contribution is -2.42. The van der Waals surface area contributed by atoms with Crippen LogP contribution in [-0.4, -0.2) is 57.8 Å². The fourth-order valence-electron chi connectivity index (χ4n) is 3.08. The van der Waals surface area contributed by atoms with Crippen molar-refractivity contribution >= 4 is 41.5 Å². The van der Waals surface area contributed by atoms with E-state index in [-0.39, 0.29) is 24.0 Å². The number of aliphatic imine (C=N–C) groups is 1. The van der Waals surface area contributed by atoms with Crippen LogP contribution in [-0.2, 0) is 6.54 Å². The summed E-state index contributed by atoms with van der Waals surface area (Å²) in [5.74, 6) is 2.01. The van der Waals surface area contributed by atoms with E-state index in [1.807, 2.05) is 19.1 Å². The van der Waals surface area contributed by atoms with Crippen LogP contribution >= 0.6 is 35.6 Å². The van der Waals surface area contributed by atoms with E-state index in [1.165, 1.54) is 32.4 Å². The highest BCUT2D eigenvalue weighted by Crippen LogP contribution is 2.36. The van der Waals surface area contributed by atoms with Gasteiger partial charge in [0.15, 0.2) is 17.5 Å². The molecule has 1 aliphatic rings. The second-order valence-electron chi connectivity index (χ2n) is 6.30. The summed E-state index contributed by atoms with van der Waals surface area (Å²) in [6, 6.07) is 3.83. The second kappa shape index (κ2) is 13.3. The minimum absolute atomic E-state index is 0. The lowest BCUT2D eigenvalue weighted by molar-refractivity contribution is 0.232. The first-order chi connectivity index (χ1) is 12.7. The summed E-state index contributed by atoms with van der Waals surface area (Å²) >= 11 is 6.33. The average Bonchev–Trinajstić information content (AvgIpc) is 2.67. The zero-order chi connectivity index (χ0) is 18.8. The lowest BCUT2D eigenvalue weighted by Gasteiger charge is -2.26. The van der Waals surface area contributed by atoms with Gasteiger partial charge in [0.05, 0.1) is 18.7 Å². The van der Waals surface area contributed by atoms with E-state index in [9.17, 15) is 0 Å². The van der Waals surface area contributed by atoms with Crippen LogP contribution in [0.2, 0.25) is 5.02 Å². The molecular weight excluding hydrogens is 479 g/mol. The summed E-state index contributed by atoms with van der Waals surface area (Å²) in [5, 5.41) is 7.24. The number of piperidine rings is 1. The molecule has 0 unspecified atom stereocenters. The fraction of sp³-hybridized carbons (Fsp3) is 0.632. The Labute approximate surface area is 185 Å². The lowest BCUT2D eigenvalue weighted by atomic mass is 10.1. The molecule has 0 aliphatic carbocycles. The van der Waals surface area contributed by atoms with Crippen LogP contribution in [0.5, 0.6) is 11.5 Å². The van der Waals surface area contributed by atoms with Gasteiger partial charge in [0.1, 0.15) is 0 Å². The molecule has 6 nitrogen and oxygen atoms in total. The Morgan fingerprint density at radius 2 is 1.96 bits per heavy atom. The molecule has 1 aliphatic heterocycles. The third-order valence-corrected chi connectivity index (χ3v) is 4.71. The van der Waals surface area contributed by atoms with Crippen molar-refractivity contribution in [2.24, 2.45) is 4.99 Å². The maximum atomic E-state index is 6.33. The van der Waals surface area contributed by atoms with Crippen molar-refractivity contribution in [1.82, 2.24) is 15.5 Å². The summed E-state index contributed by atoms with van der Waals surface area (Å²) in [6.07, 6.45) is 3.99. The number of hydrogen-bond acceptors (Lipinski definition) is 4. The number of likely N-dealkylation sites (tertiary alicyclic amines) is 1. The van der Waals surface area contributed by atoms with Crippen LogP contribution in [0.3, 0.4) is 0 Å². The highest BCUT2D eigenvalue weighted by atomic mass is 127. The number of hydrogen-bond donors (Lipinski definition) is 2. The van der Waals surface area contributed by atoms with Gasteiger partial charge in [0, 0.05) is 26.7 Å². The molecule has 0 aromatic heterocycles. The van der Waals surface area contributed by atoms with E-state index in [2.05, 4.69) is 20.5 Å². The molecule has 1 fully saturated rings. The third-order valence-electron chi connectivity index (χ3n) is 4.43. The van der Waals surface area contributed by atoms with Gasteiger partial charge in [0.25, 0.3) is 0 Å². The van der Waals surface area contributed by atoms with Gasteiger partial charge in [-0.05, 0) is 50.6 Å². The smallest absolute Gasteiger partial charge is 0.191 e. The summed E-state index contributed by atoms with van der Waals surface area (Å²) in [7, 11) is 3.40. The van der Waals surface area contributed by atoms with Gasteiger partial charge >= 0.3 is 0 Å². The second-order valence-corrected chi connectivity index (χ2v) is 6.70. The largest absolute Gasteiger partial charge is 0.493 e. The van der Waals surface area contributed by atoms with Gasteiger partial charge in [0.2, 0.25) is 0 Å². The predicted octanol–water partition coefficient (Wildman–Crippen LogP) is 3.52. The Hall–Kier alpha value is -0.930. The summed E-state index contributed by atoms with van der Waals surface area (Å²) in [4.78, 5) is 6.79. The molecule has 2 rings (SSSR count). The Bertz CT molecular complexity index is 595. The van der Waals surface area contributed by atoms with E-state index in [0.29, 0.717) is 29.7 Å². The monoisotopic (exact) mass is 510 g/mol. The Morgan fingerprint density at radius 3 is 2.59 bits per heavy atom. The predicted molar refractivity (Wildman–Crippen MR) is 123 cm³/mol. The van der Waals surface area contributed by atoms with Gasteiger partial charge < -0.3 is 25.0 Å². The van der Waals surface area contributed by atoms with Crippen LogP contribution in [0.25, 0.3) is 0 Å². The molecule has 0 radical (unpaired) electrons. The molecule has 8 heteroatoms. The molecular formula is C19H32ClIN4O2. The molecule has 0 saturated carbocycles. The number of ether oxygens (including phenoxy) is 2. The van der Waals surface area contributed by atoms with Gasteiger partial charge in [-0.15, -0.1) is 24.0 Å². The topological polar surface area (TPSA) is 58.1 Å². The first kappa shape index (κ1) is 24.1. The SMILES string of the molecule is CCOc1c(Cl)cc(CNC(=NC)NCCN2CCCCC2)cc1OC.I. The Kier molecular flexibility index (Phi) is 11.9. The molecule has 1 aromatic carbocycles. The summed E-state index contributed by atoms with van der Waals surface area (Å²) in [6.45, 7) is 7.41. The van der Waals surface area contributed by atoms with Gasteiger partial charge in [-0.2, -0.15) is 0 Å². The number of nitrogens with one attached hydrogen (secondary N) is 2. The van der Waals surface area contributed by atoms with Gasteiger partial charge in [-0.3, -0.25) is 4.99 Å². The number of methoxy groups -OCH3 is 1. The van der Waals surface area contributed by atoms with Crippen molar-refractivity contribution in [3.05, 3.63) is 22.7 Å². The van der Waals surface area contributed by atoms with Crippen LogP contribution in [0.4, 0.5) is 0 Å². The standard InChI is InChI=1S/C19H31ClN4O2.HI/c1-4-26-18-16(20)12-15(13-17(18)25-3)14-23-19(21-2)22-8-11-24-9-6-5-7-10-24;/h12-13H,4-11,14H2,1-3H3,(H2,21,22,23);1H. The number of benzene rings is 1. The molecule has 0 bridgehead atoms. The fourth-order valence-corrected chi connectivity index (χ4v) is 3.37. The normalized spacial score (nSPS) is 15.0. The van der Waals surface area contributed by atoms with Crippen LogP contribution in [0.1, 0.15) is 31.7 Å². The minimum Gasteiger partial charge on any atom is -0.493 e. The Balaban J connectivity index is 0.00000364. The van der Waals surface area contributed by atoms with Gasteiger partial charge in [-0.25, -0.2) is 0 Å². The van der Waals surface area contributed by atoms with Crippen molar-refractivity contribution in [1.29, 1.82) is 0 Å². The molecule has 1 saturated heterocycles. The Morgan fingerprint density at radius 1 is 1.22 bits per heavy atom. The maximum Gasteiger partial charge on any atom is 0.191 e. The first-order valence-electron chi connectivity index (χ1n) is 9.34. The number of rotatable bonds is 8. The number of halogens is 2. The first-order valence-corrected chi connectivity index (χ1v) is 9.71. The van der Waals surface area contributed by atoms with E-state index >= 15 is 0 Å². The summed E-state index contributed by atoms with van der Waals surface area (Å²) < 4.78 is 10.9. The molecule has 154 valence electrons. The van der Waals surface area contributed by atoms with E-state index in [1.54, 1.807) is 14.2 Å². The van der Waals surface area contributed by atoms with Crippen LogP contribution in [0, 0.1) is 0 Å². The molecule has 0 amide bonds. The van der Waals surface area contributed by atoms with Gasteiger partial charge in [-0.1, -0.05) is 18.0 Å². The summed E-state index contributed by atoms with van der Waals surface area (Å²) in [5.41, 5.74) is 1.01. The average molecular weight is 511 g/mol. The minimum atomic E-state index is 0. The number of nitrogens with zero attached hydrogens (tertiary/aromatic N) is 2. The molecule has 1 aromatic rings. The van der Waals surface area contributed by atoms with Crippen molar-refractivity contribution in [2.75, 3.05) is 46.9 Å². The van der Waals surface area contributed by atoms with Crippen molar-refractivity contribution in [3.8, 4) is 11.5 Å². The highest BCUT2D eigenvalue weighted by Gasteiger charge is 2.12. The van der Waals surface area contributed by atoms with E-state index in [4.69, 9.17) is 21.1 Å². The zero-order valence-corrected chi connectivity index (χ0v) is 19.6. The van der Waals surface area contributed by atoms with Crippen LogP contribution < -0.4 is 20.1 Å². The van der Waals surface area contributed by atoms with E-state index in [0.717, 1.165) is 24.6 Å². The molecule has 0 atom stereocenters. The third kappa shape index (κ3) is 7.91. The number of guanidine groups is 1. The quantitative estimate of drug-likeness (QED) is 0.318. The van der Waals surface area contributed by atoms with Crippen molar-refractivity contribution < 1.29 is 9.47 Å². The maximum absolute atomic E-state index is 6.33. The van der Waals surface area contributed by atoms with Crippen molar-refractivity contribution in [2.45, 2.75) is 32.7 Å². The molecule has 1 heterocycles. The molecule has 2 N–H and O–H groups in total.